The van der Waals surface area contributed by atoms with Gasteiger partial charge in [-0.1, -0.05) is 6.92 Å². The van der Waals surface area contributed by atoms with Crippen molar-refractivity contribution in [3.05, 3.63) is 12.1 Å². The zero-order valence-electron chi connectivity index (χ0n) is 9.61. The summed E-state index contributed by atoms with van der Waals surface area (Å²) >= 11 is 1.75. The van der Waals surface area contributed by atoms with Gasteiger partial charge in [-0.15, -0.1) is 11.8 Å². The Morgan fingerprint density at radius 1 is 1.50 bits per heavy atom. The van der Waals surface area contributed by atoms with Crippen molar-refractivity contribution in [3.63, 3.8) is 0 Å². The van der Waals surface area contributed by atoms with E-state index in [1.54, 1.807) is 11.8 Å². The third kappa shape index (κ3) is 3.30. The Balaban J connectivity index is 1.96. The van der Waals surface area contributed by atoms with Crippen LogP contribution in [0, 0.1) is 5.92 Å². The Labute approximate surface area is 101 Å². The molecule has 1 aliphatic rings. The fraction of sp³-hybridized carbons (Fsp3) is 0.583. The topological polar surface area (TPSA) is 48.1 Å². The van der Waals surface area contributed by atoms with Crippen molar-refractivity contribution in [3.8, 4) is 5.88 Å². The predicted octanol–water partition coefficient (Wildman–Crippen LogP) is 2.95. The molecule has 16 heavy (non-hydrogen) atoms. The second-order valence-electron chi connectivity index (χ2n) is 4.15. The molecule has 0 spiro atoms. The van der Waals surface area contributed by atoms with Gasteiger partial charge in [0.25, 0.3) is 0 Å². The van der Waals surface area contributed by atoms with Crippen LogP contribution in [0.15, 0.2) is 17.2 Å². The summed E-state index contributed by atoms with van der Waals surface area (Å²) in [7, 11) is 0. The van der Waals surface area contributed by atoms with Gasteiger partial charge in [0.05, 0.1) is 12.3 Å². The highest BCUT2D eigenvalue weighted by Crippen LogP contribution is 2.31. The molecule has 4 heteroatoms. The van der Waals surface area contributed by atoms with Crippen molar-refractivity contribution in [2.45, 2.75) is 31.2 Å². The van der Waals surface area contributed by atoms with Gasteiger partial charge in [-0.2, -0.15) is 0 Å². The zero-order chi connectivity index (χ0) is 11.4. The van der Waals surface area contributed by atoms with E-state index in [0.29, 0.717) is 11.6 Å². The van der Waals surface area contributed by atoms with Gasteiger partial charge in [0, 0.05) is 0 Å². The number of anilines is 1. The maximum atomic E-state index is 5.83. The molecule has 0 unspecified atom stereocenters. The summed E-state index contributed by atoms with van der Waals surface area (Å²) in [4.78, 5) is 4.43. The van der Waals surface area contributed by atoms with Crippen molar-refractivity contribution in [2.24, 2.45) is 5.92 Å². The lowest BCUT2D eigenvalue weighted by molar-refractivity contribution is 0.288. The number of ether oxygens (including phenoxy) is 1. The molecule has 0 amide bonds. The molecule has 0 saturated heterocycles. The normalized spacial score (nSPS) is 15.1. The number of hydrogen-bond donors (Lipinski definition) is 1. The predicted molar refractivity (Wildman–Crippen MR) is 67.9 cm³/mol. The van der Waals surface area contributed by atoms with Crippen LogP contribution >= 0.6 is 11.8 Å². The van der Waals surface area contributed by atoms with Crippen LogP contribution < -0.4 is 10.5 Å². The average Bonchev–Trinajstić information content (AvgIpc) is 3.10. The van der Waals surface area contributed by atoms with Crippen LogP contribution in [0.5, 0.6) is 5.88 Å². The van der Waals surface area contributed by atoms with Crippen molar-refractivity contribution < 1.29 is 4.74 Å². The van der Waals surface area contributed by atoms with E-state index in [4.69, 9.17) is 10.5 Å². The van der Waals surface area contributed by atoms with Crippen molar-refractivity contribution in [2.75, 3.05) is 18.1 Å². The van der Waals surface area contributed by atoms with Crippen LogP contribution in [0.1, 0.15) is 26.2 Å². The highest BCUT2D eigenvalue weighted by Gasteiger charge is 2.22. The lowest BCUT2D eigenvalue weighted by Gasteiger charge is -2.08. The molecule has 0 bridgehead atoms. The lowest BCUT2D eigenvalue weighted by Crippen LogP contribution is -2.04. The van der Waals surface area contributed by atoms with E-state index >= 15 is 0 Å². The first-order valence-corrected chi connectivity index (χ1v) is 6.80. The number of nitrogens with zero attached hydrogens (tertiary/aromatic N) is 1. The van der Waals surface area contributed by atoms with Crippen molar-refractivity contribution in [1.82, 2.24) is 4.98 Å². The van der Waals surface area contributed by atoms with E-state index in [2.05, 4.69) is 11.9 Å². The maximum absolute atomic E-state index is 5.83. The number of thioether (sulfide) groups is 1. The summed E-state index contributed by atoms with van der Waals surface area (Å²) in [5.74, 6) is 2.42. The van der Waals surface area contributed by atoms with Crippen LogP contribution in [0.4, 0.5) is 5.69 Å². The molecule has 0 atom stereocenters. The number of rotatable bonds is 6. The molecule has 1 aliphatic carbocycles. The lowest BCUT2D eigenvalue weighted by atomic mass is 10.4. The quantitative estimate of drug-likeness (QED) is 0.774. The molecule has 1 aromatic heterocycles. The first-order chi connectivity index (χ1) is 7.79. The van der Waals surface area contributed by atoms with Gasteiger partial charge in [-0.3, -0.25) is 0 Å². The summed E-state index contributed by atoms with van der Waals surface area (Å²) in [6.45, 7) is 2.92. The second-order valence-corrected chi connectivity index (χ2v) is 5.26. The van der Waals surface area contributed by atoms with E-state index in [-0.39, 0.29) is 0 Å². The highest BCUT2D eigenvalue weighted by atomic mass is 32.2. The minimum absolute atomic E-state index is 0.605. The first-order valence-electron chi connectivity index (χ1n) is 5.81. The van der Waals surface area contributed by atoms with Gasteiger partial charge in [0.1, 0.15) is 5.03 Å². The number of pyridine rings is 1. The van der Waals surface area contributed by atoms with Crippen LogP contribution in [0.25, 0.3) is 0 Å². The number of aromatic nitrogens is 1. The van der Waals surface area contributed by atoms with Crippen molar-refractivity contribution >= 4 is 17.4 Å². The third-order valence-corrected chi connectivity index (χ3v) is 3.61. The minimum atomic E-state index is 0.605. The Hall–Kier alpha value is -0.900. The standard InChI is InChI=1S/C12H18N2OS/c1-2-7-16-11-6-5-10(13)12(14-11)15-8-9-3-4-9/h5-6,9H,2-4,7-8,13H2,1H3. The van der Waals surface area contributed by atoms with Crippen LogP contribution in [0.3, 0.4) is 0 Å². The third-order valence-electron chi connectivity index (χ3n) is 2.47. The molecule has 1 saturated carbocycles. The maximum Gasteiger partial charge on any atom is 0.238 e. The Morgan fingerprint density at radius 3 is 3.00 bits per heavy atom. The molecule has 1 heterocycles. The van der Waals surface area contributed by atoms with Crippen LogP contribution in [-0.4, -0.2) is 17.3 Å². The molecule has 0 aromatic carbocycles. The van der Waals surface area contributed by atoms with Crippen molar-refractivity contribution in [1.29, 1.82) is 0 Å². The second kappa shape index (κ2) is 5.43. The monoisotopic (exact) mass is 238 g/mol. The van der Waals surface area contributed by atoms with Gasteiger partial charge >= 0.3 is 0 Å². The molecule has 3 nitrogen and oxygen atoms in total. The Morgan fingerprint density at radius 2 is 2.31 bits per heavy atom. The number of nitrogens with two attached hydrogens (primary N) is 1. The Kier molecular flexibility index (Phi) is 3.93. The SMILES string of the molecule is CCCSc1ccc(N)c(OCC2CC2)n1. The molecule has 0 radical (unpaired) electrons. The van der Waals surface area contributed by atoms with E-state index in [1.165, 1.54) is 12.8 Å². The molecule has 1 fully saturated rings. The molecular formula is C12H18N2OS. The Bertz CT molecular complexity index is 353. The largest absolute Gasteiger partial charge is 0.476 e. The van der Waals surface area contributed by atoms with E-state index < -0.39 is 0 Å². The van der Waals surface area contributed by atoms with Gasteiger partial charge in [0.2, 0.25) is 5.88 Å². The van der Waals surface area contributed by atoms with E-state index in [9.17, 15) is 0 Å². The van der Waals surface area contributed by atoms with Crippen LogP contribution in [-0.2, 0) is 0 Å². The van der Waals surface area contributed by atoms with Gasteiger partial charge in [0.15, 0.2) is 0 Å². The fourth-order valence-electron chi connectivity index (χ4n) is 1.32. The summed E-state index contributed by atoms with van der Waals surface area (Å²) in [5.41, 5.74) is 6.47. The number of hydrogen-bond acceptors (Lipinski definition) is 4. The van der Waals surface area contributed by atoms with Gasteiger partial charge < -0.3 is 10.5 Å². The molecule has 0 aliphatic heterocycles. The van der Waals surface area contributed by atoms with E-state index in [1.807, 2.05) is 12.1 Å². The van der Waals surface area contributed by atoms with E-state index in [0.717, 1.165) is 29.7 Å². The summed E-state index contributed by atoms with van der Waals surface area (Å²) in [5, 5.41) is 1.00. The molecule has 1 aromatic rings. The van der Waals surface area contributed by atoms with Gasteiger partial charge in [-0.25, -0.2) is 4.98 Å². The molecule has 2 N–H and O–H groups in total. The molecular weight excluding hydrogens is 220 g/mol. The van der Waals surface area contributed by atoms with Gasteiger partial charge in [-0.05, 0) is 43.1 Å². The molecule has 88 valence electrons. The summed E-state index contributed by atoms with van der Waals surface area (Å²) < 4.78 is 5.63. The van der Waals surface area contributed by atoms with Crippen LogP contribution in [0.2, 0.25) is 0 Å². The smallest absolute Gasteiger partial charge is 0.238 e. The average molecular weight is 238 g/mol. The number of nitrogen functional groups attached to an aromatic ring is 1. The highest BCUT2D eigenvalue weighted by molar-refractivity contribution is 7.99. The fourth-order valence-corrected chi connectivity index (χ4v) is 2.04. The summed E-state index contributed by atoms with van der Waals surface area (Å²) in [6, 6.07) is 3.84. The molecule has 2 rings (SSSR count). The summed E-state index contributed by atoms with van der Waals surface area (Å²) in [6.07, 6.45) is 3.71. The zero-order valence-corrected chi connectivity index (χ0v) is 10.4. The minimum Gasteiger partial charge on any atom is -0.476 e. The first kappa shape index (κ1) is 11.6.